The van der Waals surface area contributed by atoms with Crippen molar-refractivity contribution in [2.24, 2.45) is 5.73 Å². The number of nitrogens with two attached hydrogens (primary N) is 1. The van der Waals surface area contributed by atoms with Crippen LogP contribution in [-0.2, 0) is 11.2 Å². The molecule has 0 aliphatic carbocycles. The van der Waals surface area contributed by atoms with Gasteiger partial charge in [-0.1, -0.05) is 5.16 Å². The van der Waals surface area contributed by atoms with E-state index in [0.29, 0.717) is 18.8 Å². The van der Waals surface area contributed by atoms with Gasteiger partial charge < -0.3 is 15.6 Å². The molecule has 0 saturated heterocycles. The number of aryl methyl sites for hydroxylation is 1. The monoisotopic (exact) mass is 197 g/mol. The van der Waals surface area contributed by atoms with Crippen LogP contribution >= 0.6 is 0 Å². The highest BCUT2D eigenvalue weighted by molar-refractivity contribution is 5.77. The minimum absolute atomic E-state index is 0.0493. The molecule has 0 fully saturated rings. The minimum Gasteiger partial charge on any atom is -0.361 e. The van der Waals surface area contributed by atoms with E-state index in [0.717, 1.165) is 12.2 Å². The Morgan fingerprint density at radius 1 is 1.71 bits per heavy atom. The molecule has 14 heavy (non-hydrogen) atoms. The molecule has 0 spiro atoms. The molecule has 5 heteroatoms. The van der Waals surface area contributed by atoms with Crippen LogP contribution in [0.1, 0.15) is 17.9 Å². The molecule has 78 valence electrons. The highest BCUT2D eigenvalue weighted by atomic mass is 16.5. The van der Waals surface area contributed by atoms with E-state index in [1.807, 2.05) is 0 Å². The van der Waals surface area contributed by atoms with Gasteiger partial charge in [-0.2, -0.15) is 0 Å². The summed E-state index contributed by atoms with van der Waals surface area (Å²) in [7, 11) is 0. The van der Waals surface area contributed by atoms with Gasteiger partial charge in [0.15, 0.2) is 0 Å². The number of hydrogen-bond donors (Lipinski definition) is 2. The Labute approximate surface area is 82.6 Å². The van der Waals surface area contributed by atoms with Crippen LogP contribution in [-0.4, -0.2) is 24.2 Å². The third kappa shape index (κ3) is 3.57. The number of carbonyl (C=O) groups is 1. The summed E-state index contributed by atoms with van der Waals surface area (Å²) in [6.45, 7) is 3.00. The van der Waals surface area contributed by atoms with Crippen molar-refractivity contribution in [3.05, 3.63) is 17.5 Å². The van der Waals surface area contributed by atoms with E-state index in [4.69, 9.17) is 10.3 Å². The fourth-order valence-electron chi connectivity index (χ4n) is 1.06. The molecule has 1 amide bonds. The molecule has 3 N–H and O–H groups in total. The quantitative estimate of drug-likeness (QED) is 0.650. The average molecular weight is 197 g/mol. The highest BCUT2D eigenvalue weighted by Crippen LogP contribution is 2.01. The van der Waals surface area contributed by atoms with Crippen LogP contribution in [0, 0.1) is 6.92 Å². The van der Waals surface area contributed by atoms with Gasteiger partial charge in [-0.05, 0) is 19.9 Å². The van der Waals surface area contributed by atoms with Crippen molar-refractivity contribution in [3.8, 4) is 0 Å². The summed E-state index contributed by atoms with van der Waals surface area (Å²) in [5.74, 6) is 0.668. The van der Waals surface area contributed by atoms with Crippen LogP contribution in [0.15, 0.2) is 10.6 Å². The third-order valence-electron chi connectivity index (χ3n) is 1.72. The molecular weight excluding hydrogens is 182 g/mol. The first-order chi connectivity index (χ1) is 6.72. The number of nitrogens with one attached hydrogen (secondary N) is 1. The molecule has 1 aromatic heterocycles. The summed E-state index contributed by atoms with van der Waals surface area (Å²) < 4.78 is 4.84. The van der Waals surface area contributed by atoms with Crippen LogP contribution in [0.2, 0.25) is 0 Å². The van der Waals surface area contributed by atoms with Gasteiger partial charge in [-0.15, -0.1) is 0 Å². The molecule has 1 aromatic rings. The molecule has 1 rings (SSSR count). The van der Waals surface area contributed by atoms with E-state index in [1.54, 1.807) is 13.0 Å². The predicted molar refractivity (Wildman–Crippen MR) is 51.6 cm³/mol. The first-order valence-electron chi connectivity index (χ1n) is 4.61. The summed E-state index contributed by atoms with van der Waals surface area (Å²) in [4.78, 5) is 11.3. The van der Waals surface area contributed by atoms with Crippen LogP contribution in [0.25, 0.3) is 0 Å². The zero-order valence-electron chi connectivity index (χ0n) is 8.25. The lowest BCUT2D eigenvalue weighted by Crippen LogP contribution is -2.27. The second kappa shape index (κ2) is 5.39. The van der Waals surface area contributed by atoms with Crippen LogP contribution in [0.5, 0.6) is 0 Å². The fraction of sp³-hybridized carbons (Fsp3) is 0.556. The summed E-state index contributed by atoms with van der Waals surface area (Å²) >= 11 is 0. The Morgan fingerprint density at radius 2 is 2.50 bits per heavy atom. The van der Waals surface area contributed by atoms with Crippen LogP contribution < -0.4 is 11.1 Å². The SMILES string of the molecule is Cc1cc(CC(=O)NCCCN)no1. The first kappa shape index (κ1) is 10.7. The van der Waals surface area contributed by atoms with Gasteiger partial charge in [0.1, 0.15) is 5.76 Å². The second-order valence-corrected chi connectivity index (χ2v) is 3.10. The molecule has 0 aliphatic heterocycles. The summed E-state index contributed by atoms with van der Waals surface area (Å²) in [5, 5.41) is 6.46. The third-order valence-corrected chi connectivity index (χ3v) is 1.72. The van der Waals surface area contributed by atoms with E-state index in [9.17, 15) is 4.79 Å². The van der Waals surface area contributed by atoms with Crippen molar-refractivity contribution in [3.63, 3.8) is 0 Å². The molecule has 0 radical (unpaired) electrons. The maximum atomic E-state index is 11.3. The van der Waals surface area contributed by atoms with Crippen molar-refractivity contribution in [1.82, 2.24) is 10.5 Å². The first-order valence-corrected chi connectivity index (χ1v) is 4.61. The molecule has 0 bridgehead atoms. The number of nitrogens with zero attached hydrogens (tertiary/aromatic N) is 1. The summed E-state index contributed by atoms with van der Waals surface area (Å²) in [6.07, 6.45) is 1.06. The Balaban J connectivity index is 2.27. The van der Waals surface area contributed by atoms with Gasteiger partial charge >= 0.3 is 0 Å². The minimum atomic E-state index is -0.0493. The predicted octanol–water partition coefficient (Wildman–Crippen LogP) is -0.00948. The average Bonchev–Trinajstić information content (AvgIpc) is 2.52. The molecule has 0 saturated carbocycles. The molecule has 0 aromatic carbocycles. The maximum absolute atomic E-state index is 11.3. The van der Waals surface area contributed by atoms with Crippen molar-refractivity contribution in [2.45, 2.75) is 19.8 Å². The van der Waals surface area contributed by atoms with Gasteiger partial charge in [0.2, 0.25) is 5.91 Å². The van der Waals surface area contributed by atoms with Gasteiger partial charge in [-0.3, -0.25) is 4.79 Å². The Bertz CT molecular complexity index is 296. The normalized spacial score (nSPS) is 10.1. The fourth-order valence-corrected chi connectivity index (χ4v) is 1.06. The topological polar surface area (TPSA) is 81.2 Å². The zero-order chi connectivity index (χ0) is 10.4. The van der Waals surface area contributed by atoms with Crippen LogP contribution in [0.3, 0.4) is 0 Å². The Morgan fingerprint density at radius 3 is 3.07 bits per heavy atom. The lowest BCUT2D eigenvalue weighted by Gasteiger charge is -2.01. The van der Waals surface area contributed by atoms with Gasteiger partial charge in [0.05, 0.1) is 12.1 Å². The van der Waals surface area contributed by atoms with Crippen molar-refractivity contribution in [2.75, 3.05) is 13.1 Å². The molecule has 0 aliphatic rings. The zero-order valence-corrected chi connectivity index (χ0v) is 8.25. The van der Waals surface area contributed by atoms with Gasteiger partial charge in [0, 0.05) is 12.6 Å². The molecule has 1 heterocycles. The van der Waals surface area contributed by atoms with E-state index >= 15 is 0 Å². The number of hydrogen-bond acceptors (Lipinski definition) is 4. The number of amides is 1. The van der Waals surface area contributed by atoms with Gasteiger partial charge in [-0.25, -0.2) is 0 Å². The summed E-state index contributed by atoms with van der Waals surface area (Å²) in [5.41, 5.74) is 5.95. The maximum Gasteiger partial charge on any atom is 0.226 e. The van der Waals surface area contributed by atoms with E-state index < -0.39 is 0 Å². The highest BCUT2D eigenvalue weighted by Gasteiger charge is 2.06. The molecule has 0 atom stereocenters. The Kier molecular flexibility index (Phi) is 4.12. The summed E-state index contributed by atoms with van der Waals surface area (Å²) in [6, 6.07) is 1.75. The van der Waals surface area contributed by atoms with Gasteiger partial charge in [0.25, 0.3) is 0 Å². The van der Waals surface area contributed by atoms with Crippen molar-refractivity contribution >= 4 is 5.91 Å². The lowest BCUT2D eigenvalue weighted by molar-refractivity contribution is -0.120. The smallest absolute Gasteiger partial charge is 0.226 e. The van der Waals surface area contributed by atoms with Crippen molar-refractivity contribution < 1.29 is 9.32 Å². The lowest BCUT2D eigenvalue weighted by atomic mass is 10.3. The molecule has 0 unspecified atom stereocenters. The largest absolute Gasteiger partial charge is 0.361 e. The van der Waals surface area contributed by atoms with E-state index in [2.05, 4.69) is 10.5 Å². The van der Waals surface area contributed by atoms with E-state index in [-0.39, 0.29) is 12.3 Å². The van der Waals surface area contributed by atoms with E-state index in [1.165, 1.54) is 0 Å². The number of aromatic nitrogens is 1. The molecular formula is C9H15N3O2. The number of carbonyl (C=O) groups excluding carboxylic acids is 1. The molecule has 5 nitrogen and oxygen atoms in total. The standard InChI is InChI=1S/C9H15N3O2/c1-7-5-8(12-14-7)6-9(13)11-4-2-3-10/h5H,2-4,6,10H2,1H3,(H,11,13). The second-order valence-electron chi connectivity index (χ2n) is 3.10. The number of rotatable bonds is 5. The van der Waals surface area contributed by atoms with Crippen LogP contribution in [0.4, 0.5) is 0 Å². The van der Waals surface area contributed by atoms with Crippen molar-refractivity contribution in [1.29, 1.82) is 0 Å². The Hall–Kier alpha value is -1.36.